The first kappa shape index (κ1) is 17.4. The van der Waals surface area contributed by atoms with Crippen LogP contribution in [0, 0.1) is 12.8 Å². The van der Waals surface area contributed by atoms with Gasteiger partial charge >= 0.3 is 0 Å². The maximum Gasteiger partial charge on any atom is 0.165 e. The van der Waals surface area contributed by atoms with Crippen molar-refractivity contribution < 1.29 is 4.79 Å². The average Bonchev–Trinajstić information content (AvgIpc) is 2.68. The van der Waals surface area contributed by atoms with Gasteiger partial charge in [-0.05, 0) is 63.3 Å². The molecule has 1 atom stereocenters. The van der Waals surface area contributed by atoms with E-state index in [-0.39, 0.29) is 17.2 Å². The van der Waals surface area contributed by atoms with E-state index < -0.39 is 0 Å². The molecule has 0 N–H and O–H groups in total. The van der Waals surface area contributed by atoms with E-state index in [1.807, 2.05) is 19.1 Å². The van der Waals surface area contributed by atoms with Crippen LogP contribution in [0.15, 0.2) is 48.7 Å². The zero-order valence-corrected chi connectivity index (χ0v) is 15.8. The van der Waals surface area contributed by atoms with Crippen molar-refractivity contribution in [3.8, 4) is 0 Å². The molecule has 2 saturated heterocycles. The Morgan fingerprint density at radius 3 is 2.58 bits per heavy atom. The molecule has 0 amide bonds. The molecule has 3 aliphatic rings. The topological polar surface area (TPSA) is 33.2 Å². The number of nitrogens with zero attached hydrogens (tertiary/aromatic N) is 2. The van der Waals surface area contributed by atoms with Crippen LogP contribution < -0.4 is 0 Å². The number of piperidine rings is 2. The lowest BCUT2D eigenvalue weighted by atomic mass is 9.62. The molecule has 3 fully saturated rings. The van der Waals surface area contributed by atoms with Gasteiger partial charge in [0.25, 0.3) is 0 Å². The first-order valence-electron chi connectivity index (χ1n) is 9.81. The average molecular weight is 348 g/mol. The van der Waals surface area contributed by atoms with Crippen molar-refractivity contribution in [2.24, 2.45) is 5.92 Å². The molecule has 1 unspecified atom stereocenters. The zero-order chi connectivity index (χ0) is 18.1. The van der Waals surface area contributed by atoms with E-state index in [2.05, 4.69) is 47.3 Å². The van der Waals surface area contributed by atoms with Crippen LogP contribution in [0.3, 0.4) is 0 Å². The van der Waals surface area contributed by atoms with Crippen LogP contribution in [0.1, 0.15) is 59.6 Å². The van der Waals surface area contributed by atoms with Gasteiger partial charge in [-0.25, -0.2) is 0 Å². The highest BCUT2D eigenvalue weighted by Gasteiger charge is 2.50. The molecule has 1 aromatic carbocycles. The summed E-state index contributed by atoms with van der Waals surface area (Å²) in [7, 11) is 2.26. The van der Waals surface area contributed by atoms with Gasteiger partial charge in [0.1, 0.15) is 0 Å². The number of fused-ring (bicyclic) bond motifs is 3. The summed E-state index contributed by atoms with van der Waals surface area (Å²) in [6, 6.07) is 14.5. The summed E-state index contributed by atoms with van der Waals surface area (Å²) in [4.78, 5) is 20.1. The molecule has 2 bridgehead atoms. The second-order valence-corrected chi connectivity index (χ2v) is 8.15. The van der Waals surface area contributed by atoms with Crippen LogP contribution in [-0.4, -0.2) is 34.8 Å². The molecule has 0 spiro atoms. The lowest BCUT2D eigenvalue weighted by molar-refractivity contribution is -0.0350. The number of hydrogen-bond acceptors (Lipinski definition) is 3. The van der Waals surface area contributed by atoms with Crippen LogP contribution in [0.2, 0.25) is 0 Å². The van der Waals surface area contributed by atoms with Gasteiger partial charge in [0.2, 0.25) is 0 Å². The molecule has 1 saturated carbocycles. The number of aromatic nitrogens is 1. The van der Waals surface area contributed by atoms with E-state index >= 15 is 0 Å². The Balaban J connectivity index is 1.70. The number of carbonyl (C=O) groups is 1. The molecule has 3 heteroatoms. The fraction of sp³-hybridized carbons (Fsp3) is 0.478. The smallest absolute Gasteiger partial charge is 0.165 e. The summed E-state index contributed by atoms with van der Waals surface area (Å²) in [5.74, 6) is 1.30. The van der Waals surface area contributed by atoms with Gasteiger partial charge in [0.15, 0.2) is 5.78 Å². The molecule has 1 aromatic heterocycles. The molecular weight excluding hydrogens is 320 g/mol. The first-order valence-corrected chi connectivity index (χ1v) is 9.81. The van der Waals surface area contributed by atoms with Crippen molar-refractivity contribution in [2.45, 2.75) is 50.5 Å². The molecule has 3 nitrogen and oxygen atoms in total. The van der Waals surface area contributed by atoms with Gasteiger partial charge in [0.05, 0.1) is 0 Å². The molecule has 0 radical (unpaired) electrons. The van der Waals surface area contributed by atoms with E-state index in [4.69, 9.17) is 0 Å². The van der Waals surface area contributed by atoms with Gasteiger partial charge in [-0.3, -0.25) is 14.7 Å². The van der Waals surface area contributed by atoms with Gasteiger partial charge in [-0.2, -0.15) is 0 Å². The second kappa shape index (κ2) is 6.96. The molecule has 2 aliphatic heterocycles. The monoisotopic (exact) mass is 348 g/mol. The van der Waals surface area contributed by atoms with E-state index in [1.54, 1.807) is 6.20 Å². The number of benzene rings is 1. The van der Waals surface area contributed by atoms with Gasteiger partial charge < -0.3 is 0 Å². The summed E-state index contributed by atoms with van der Waals surface area (Å²) in [6.45, 7) is 3.10. The van der Waals surface area contributed by atoms with Crippen molar-refractivity contribution >= 4 is 5.78 Å². The summed E-state index contributed by atoms with van der Waals surface area (Å²) in [5, 5.41) is 0. The van der Waals surface area contributed by atoms with Crippen LogP contribution in [0.25, 0.3) is 0 Å². The third-order valence-electron chi connectivity index (χ3n) is 6.81. The van der Waals surface area contributed by atoms with E-state index in [0.29, 0.717) is 6.42 Å². The minimum absolute atomic E-state index is 0.113. The van der Waals surface area contributed by atoms with Crippen molar-refractivity contribution in [3.05, 3.63) is 65.5 Å². The summed E-state index contributed by atoms with van der Waals surface area (Å²) in [5.41, 5.74) is 3.02. The molecule has 5 rings (SSSR count). The van der Waals surface area contributed by atoms with E-state index in [0.717, 1.165) is 17.2 Å². The Hall–Kier alpha value is -2.00. The maximum atomic E-state index is 13.2. The molecule has 136 valence electrons. The lowest BCUT2D eigenvalue weighted by Crippen LogP contribution is -2.59. The number of carbonyl (C=O) groups excluding carboxylic acids is 1. The summed E-state index contributed by atoms with van der Waals surface area (Å²) in [6.07, 6.45) is 7.32. The number of pyridine rings is 1. The van der Waals surface area contributed by atoms with Crippen molar-refractivity contribution in [1.29, 1.82) is 0 Å². The molecule has 3 heterocycles. The van der Waals surface area contributed by atoms with Crippen molar-refractivity contribution in [3.63, 3.8) is 0 Å². The molecule has 1 aliphatic carbocycles. The number of ketones is 1. The first-order chi connectivity index (χ1) is 12.6. The number of rotatable bonds is 5. The van der Waals surface area contributed by atoms with Gasteiger partial charge in [-0.15, -0.1) is 0 Å². The predicted octanol–water partition coefficient (Wildman–Crippen LogP) is 4.62. The lowest BCUT2D eigenvalue weighted by Gasteiger charge is -2.57. The highest BCUT2D eigenvalue weighted by Crippen LogP contribution is 2.51. The predicted molar refractivity (Wildman–Crippen MR) is 104 cm³/mol. The maximum absolute atomic E-state index is 13.2. The highest BCUT2D eigenvalue weighted by atomic mass is 16.1. The third kappa shape index (κ3) is 2.99. The Kier molecular flexibility index (Phi) is 4.66. The van der Waals surface area contributed by atoms with E-state index in [1.165, 1.54) is 37.8 Å². The van der Waals surface area contributed by atoms with Crippen LogP contribution in [0.4, 0.5) is 0 Å². The Morgan fingerprint density at radius 2 is 1.92 bits per heavy atom. The fourth-order valence-corrected chi connectivity index (χ4v) is 5.30. The number of aryl methyl sites for hydroxylation is 1. The standard InChI is InChI=1S/C23H28N2O/c1-17-20(9-6-14-24-17)22(26)15-21(19-7-4-3-5-8-19)23-12-10-18(11-13-23)16-25(23)2/h3-9,14,18,21H,10-13,15-16H2,1-2H3. The fourth-order valence-electron chi connectivity index (χ4n) is 5.30. The van der Waals surface area contributed by atoms with Crippen molar-refractivity contribution in [1.82, 2.24) is 9.88 Å². The molecular formula is C23H28N2O. The Labute approximate surface area is 156 Å². The largest absolute Gasteiger partial charge is 0.300 e. The molecule has 26 heavy (non-hydrogen) atoms. The second-order valence-electron chi connectivity index (χ2n) is 8.15. The van der Waals surface area contributed by atoms with Gasteiger partial charge in [0, 0.05) is 41.9 Å². The van der Waals surface area contributed by atoms with Crippen LogP contribution >= 0.6 is 0 Å². The highest BCUT2D eigenvalue weighted by molar-refractivity contribution is 5.97. The summed E-state index contributed by atoms with van der Waals surface area (Å²) < 4.78 is 0. The third-order valence-corrected chi connectivity index (χ3v) is 6.81. The SMILES string of the molecule is Cc1ncccc1C(=O)CC(c1ccccc1)C12CCC(CC1)CN2C. The zero-order valence-electron chi connectivity index (χ0n) is 15.8. The Bertz CT molecular complexity index is 778. The Morgan fingerprint density at radius 1 is 1.19 bits per heavy atom. The van der Waals surface area contributed by atoms with E-state index in [9.17, 15) is 4.79 Å². The molecule has 2 aromatic rings. The number of Topliss-reactive ketones (excluding diaryl/α,β-unsaturated/α-hetero) is 1. The van der Waals surface area contributed by atoms with Crippen LogP contribution in [0.5, 0.6) is 0 Å². The number of hydrogen-bond donors (Lipinski definition) is 0. The minimum Gasteiger partial charge on any atom is -0.300 e. The quantitative estimate of drug-likeness (QED) is 0.739. The summed E-state index contributed by atoms with van der Waals surface area (Å²) >= 11 is 0. The normalized spacial score (nSPS) is 26.6. The van der Waals surface area contributed by atoms with Crippen molar-refractivity contribution in [2.75, 3.05) is 13.6 Å². The van der Waals surface area contributed by atoms with Crippen LogP contribution in [-0.2, 0) is 0 Å². The number of likely N-dealkylation sites (N-methyl/N-ethyl adjacent to an activating group) is 1. The van der Waals surface area contributed by atoms with Gasteiger partial charge in [-0.1, -0.05) is 30.3 Å². The minimum atomic E-state index is 0.113.